The van der Waals surface area contributed by atoms with E-state index in [-0.39, 0.29) is 23.5 Å². The lowest BCUT2D eigenvalue weighted by molar-refractivity contribution is 0.0517. The molecule has 0 spiro atoms. The summed E-state index contributed by atoms with van der Waals surface area (Å²) in [6, 6.07) is 2.97. The second kappa shape index (κ2) is 6.53. The Morgan fingerprint density at radius 1 is 1.42 bits per heavy atom. The van der Waals surface area contributed by atoms with Gasteiger partial charge in [-0.15, -0.1) is 0 Å². The van der Waals surface area contributed by atoms with Crippen LogP contribution in [-0.2, 0) is 4.74 Å². The van der Waals surface area contributed by atoms with Crippen LogP contribution < -0.4 is 0 Å². The number of hydrogen-bond donors (Lipinski definition) is 1. The molecule has 0 aliphatic rings. The average molecular weight is 264 g/mol. The summed E-state index contributed by atoms with van der Waals surface area (Å²) in [5.41, 5.74) is 0.482. The Kier molecular flexibility index (Phi) is 5.05. The highest BCUT2D eigenvalue weighted by molar-refractivity contribution is 5.96. The molecule has 0 fully saturated rings. The van der Waals surface area contributed by atoms with Crippen molar-refractivity contribution in [3.8, 4) is 0 Å². The van der Waals surface area contributed by atoms with Gasteiger partial charge in [0, 0.05) is 6.20 Å². The lowest BCUT2D eigenvalue weighted by Crippen LogP contribution is -2.08. The number of imidazole rings is 1. The van der Waals surface area contributed by atoms with Crippen LogP contribution in [0, 0.1) is 0 Å². The van der Waals surface area contributed by atoms with E-state index in [2.05, 4.69) is 4.98 Å². The van der Waals surface area contributed by atoms with Crippen LogP contribution >= 0.6 is 0 Å². The number of nitrogens with zero attached hydrogens (tertiary/aromatic N) is 2. The highest BCUT2D eigenvalue weighted by Crippen LogP contribution is 2.13. The van der Waals surface area contributed by atoms with E-state index in [4.69, 9.17) is 9.84 Å². The molecule has 0 aromatic carbocycles. The number of fused-ring (bicyclic) bond motifs is 1. The van der Waals surface area contributed by atoms with E-state index in [1.54, 1.807) is 19.2 Å². The maximum Gasteiger partial charge on any atom is 0.356 e. The first kappa shape index (κ1) is 14.7. The van der Waals surface area contributed by atoms with Crippen molar-refractivity contribution in [3.05, 3.63) is 35.8 Å². The van der Waals surface area contributed by atoms with E-state index in [9.17, 15) is 9.59 Å². The van der Waals surface area contributed by atoms with Crippen molar-refractivity contribution in [2.75, 3.05) is 6.61 Å². The van der Waals surface area contributed by atoms with Crippen LogP contribution in [0.5, 0.6) is 0 Å². The molecule has 0 aliphatic carbocycles. The number of pyridine rings is 1. The molecule has 0 radical (unpaired) electrons. The molecule has 0 saturated heterocycles. The summed E-state index contributed by atoms with van der Waals surface area (Å²) in [6.07, 6.45) is 2.88. The first-order valence-corrected chi connectivity index (χ1v) is 6.01. The van der Waals surface area contributed by atoms with Gasteiger partial charge in [-0.05, 0) is 19.1 Å². The first-order chi connectivity index (χ1) is 9.15. The minimum atomic E-state index is -1.09. The molecule has 0 bridgehead atoms. The lowest BCUT2D eigenvalue weighted by atomic mass is 10.3. The molecule has 2 aromatic heterocycles. The maximum atomic E-state index is 11.6. The van der Waals surface area contributed by atoms with Crippen LogP contribution in [0.3, 0.4) is 0 Å². The van der Waals surface area contributed by atoms with E-state index in [1.165, 1.54) is 16.7 Å². The Bertz CT molecular complexity index is 589. The number of carbonyl (C=O) groups excluding carboxylic acids is 1. The molecule has 2 heterocycles. The van der Waals surface area contributed by atoms with Gasteiger partial charge in [-0.3, -0.25) is 4.40 Å². The highest BCUT2D eigenvalue weighted by atomic mass is 16.5. The Balaban J connectivity index is 0.000000861. The fourth-order valence-corrected chi connectivity index (χ4v) is 1.53. The first-order valence-electron chi connectivity index (χ1n) is 6.01. The average Bonchev–Trinajstić information content (AvgIpc) is 2.84. The number of carboxylic acids is 1. The fraction of sp³-hybridized carbons (Fsp3) is 0.308. The molecule has 2 aromatic rings. The number of hydrogen-bond acceptors (Lipinski definition) is 4. The van der Waals surface area contributed by atoms with Gasteiger partial charge in [-0.25, -0.2) is 14.6 Å². The zero-order valence-corrected chi connectivity index (χ0v) is 11.1. The van der Waals surface area contributed by atoms with Crippen molar-refractivity contribution < 1.29 is 19.4 Å². The summed E-state index contributed by atoms with van der Waals surface area (Å²) in [5.74, 6) is -1.61. The molecule has 19 heavy (non-hydrogen) atoms. The summed E-state index contributed by atoms with van der Waals surface area (Å²) in [5, 5.41) is 8.96. The minimum absolute atomic E-state index is 0.0445. The summed E-state index contributed by atoms with van der Waals surface area (Å²) < 4.78 is 6.25. The standard InChI is InChI=1S/C11H10N2O4.C2H6/c1-2-17-11(16)8-6-12-9-7(10(14)15)4-3-5-13(8)9;1-2/h3-6H,2H2,1H3,(H,14,15);1-2H3. The largest absolute Gasteiger partial charge is 0.478 e. The van der Waals surface area contributed by atoms with Crippen molar-refractivity contribution in [2.24, 2.45) is 0 Å². The third-order valence-electron chi connectivity index (χ3n) is 2.25. The van der Waals surface area contributed by atoms with Gasteiger partial charge < -0.3 is 9.84 Å². The van der Waals surface area contributed by atoms with Gasteiger partial charge in [-0.1, -0.05) is 13.8 Å². The zero-order chi connectivity index (χ0) is 14.4. The van der Waals surface area contributed by atoms with Gasteiger partial charge in [-0.2, -0.15) is 0 Å². The van der Waals surface area contributed by atoms with Crippen molar-refractivity contribution in [1.29, 1.82) is 0 Å². The summed E-state index contributed by atoms with van der Waals surface area (Å²) in [7, 11) is 0. The topological polar surface area (TPSA) is 80.9 Å². The number of carbonyl (C=O) groups is 2. The van der Waals surface area contributed by atoms with Crippen molar-refractivity contribution in [2.45, 2.75) is 20.8 Å². The Morgan fingerprint density at radius 2 is 2.11 bits per heavy atom. The van der Waals surface area contributed by atoms with Crippen molar-refractivity contribution in [1.82, 2.24) is 9.38 Å². The van der Waals surface area contributed by atoms with Gasteiger partial charge in [0.2, 0.25) is 0 Å². The van der Waals surface area contributed by atoms with Gasteiger partial charge in [0.05, 0.1) is 12.8 Å². The second-order valence-corrected chi connectivity index (χ2v) is 3.28. The third-order valence-corrected chi connectivity index (χ3v) is 2.25. The van der Waals surface area contributed by atoms with Crippen LogP contribution in [0.15, 0.2) is 24.5 Å². The number of esters is 1. The third kappa shape index (κ3) is 2.90. The van der Waals surface area contributed by atoms with Gasteiger partial charge in [0.25, 0.3) is 0 Å². The van der Waals surface area contributed by atoms with Gasteiger partial charge in [0.1, 0.15) is 5.56 Å². The monoisotopic (exact) mass is 264 g/mol. The van der Waals surface area contributed by atoms with Gasteiger partial charge >= 0.3 is 11.9 Å². The van der Waals surface area contributed by atoms with Crippen LogP contribution in [0.25, 0.3) is 5.65 Å². The van der Waals surface area contributed by atoms with Crippen LogP contribution in [0.4, 0.5) is 0 Å². The zero-order valence-electron chi connectivity index (χ0n) is 11.1. The van der Waals surface area contributed by atoms with Crippen LogP contribution in [0.2, 0.25) is 0 Å². The van der Waals surface area contributed by atoms with E-state index in [1.807, 2.05) is 13.8 Å². The van der Waals surface area contributed by atoms with E-state index in [0.29, 0.717) is 0 Å². The summed E-state index contributed by atoms with van der Waals surface area (Å²) in [6.45, 7) is 5.95. The van der Waals surface area contributed by atoms with Crippen LogP contribution in [0.1, 0.15) is 41.6 Å². The normalized spacial score (nSPS) is 9.63. The lowest BCUT2D eigenvalue weighted by Gasteiger charge is -2.02. The molecule has 6 heteroatoms. The van der Waals surface area contributed by atoms with Crippen molar-refractivity contribution >= 4 is 17.6 Å². The predicted molar refractivity (Wildman–Crippen MR) is 69.5 cm³/mol. The molecule has 0 unspecified atom stereocenters. The van der Waals surface area contributed by atoms with E-state index in [0.717, 1.165) is 0 Å². The molecule has 0 aliphatic heterocycles. The molecule has 0 atom stereocenters. The molecule has 6 nitrogen and oxygen atoms in total. The van der Waals surface area contributed by atoms with E-state index >= 15 is 0 Å². The minimum Gasteiger partial charge on any atom is -0.478 e. The number of rotatable bonds is 3. The molecule has 1 N–H and O–H groups in total. The summed E-state index contributed by atoms with van der Waals surface area (Å²) >= 11 is 0. The molecule has 2 rings (SSSR count). The van der Waals surface area contributed by atoms with Crippen LogP contribution in [-0.4, -0.2) is 33.0 Å². The SMILES string of the molecule is CC.CCOC(=O)c1cnc2c(C(=O)O)cccn12. The number of aromatic nitrogens is 2. The van der Waals surface area contributed by atoms with E-state index < -0.39 is 11.9 Å². The van der Waals surface area contributed by atoms with Crippen molar-refractivity contribution in [3.63, 3.8) is 0 Å². The quantitative estimate of drug-likeness (QED) is 0.860. The highest BCUT2D eigenvalue weighted by Gasteiger charge is 2.17. The summed E-state index contributed by atoms with van der Waals surface area (Å²) in [4.78, 5) is 26.4. The second-order valence-electron chi connectivity index (χ2n) is 3.28. The molecule has 0 saturated carbocycles. The number of aromatic carboxylic acids is 1. The number of ether oxygens (including phenoxy) is 1. The maximum absolute atomic E-state index is 11.6. The molecular formula is C13H16N2O4. The fourth-order valence-electron chi connectivity index (χ4n) is 1.53. The Labute approximate surface area is 110 Å². The smallest absolute Gasteiger partial charge is 0.356 e. The molecule has 0 amide bonds. The predicted octanol–water partition coefficient (Wildman–Crippen LogP) is 2.24. The van der Waals surface area contributed by atoms with Gasteiger partial charge in [0.15, 0.2) is 11.3 Å². The number of carboxylic acid groups (broad SMARTS) is 1. The molecular weight excluding hydrogens is 248 g/mol. The Morgan fingerprint density at radius 3 is 2.68 bits per heavy atom. The Hall–Kier alpha value is -2.37. The molecule has 102 valence electrons.